The number of aliphatic hydroxyl groups excluding tert-OH is 1. The van der Waals surface area contributed by atoms with Crippen LogP contribution in [0.15, 0.2) is 15.8 Å². The van der Waals surface area contributed by atoms with Crippen molar-refractivity contribution in [1.82, 2.24) is 9.55 Å². The molecular weight excluding hydrogens is 460 g/mol. The fourth-order valence-electron chi connectivity index (χ4n) is 2.33. The highest BCUT2D eigenvalue weighted by Gasteiger charge is 2.38. The normalized spacial score (nSPS) is 26.8. The van der Waals surface area contributed by atoms with Crippen molar-refractivity contribution in [2.45, 2.75) is 31.8 Å². The van der Waals surface area contributed by atoms with E-state index in [9.17, 15) is 28.4 Å². The van der Waals surface area contributed by atoms with Crippen LogP contribution in [0.5, 0.6) is 0 Å². The molecule has 0 amide bonds. The number of hydrogen-bond acceptors (Lipinski definition) is 10. The molecule has 0 saturated carbocycles. The molecule has 1 aliphatic rings. The van der Waals surface area contributed by atoms with Gasteiger partial charge in [-0.25, -0.2) is 18.2 Å². The SMILES string of the molecule is [B-][P@@](=O)(OC[C@H]1O[C@@H](n2cc(C)c(=O)[nH]c2=O)C[C@@H]1O)OP(=O)(O)OP(=O)(O)O. The predicted octanol–water partition coefficient (Wildman–Crippen LogP) is -0.987. The maximum Gasteiger partial charge on any atom is 0.485 e. The summed E-state index contributed by atoms with van der Waals surface area (Å²) in [6.45, 7) is 0.689. The molecular formula is C10H16BN2O13P3-. The number of ether oxygens (including phenoxy) is 1. The molecule has 0 aromatic carbocycles. The highest BCUT2D eigenvalue weighted by atomic mass is 31.3. The van der Waals surface area contributed by atoms with E-state index in [0.29, 0.717) is 0 Å². The average molecular weight is 476 g/mol. The van der Waals surface area contributed by atoms with E-state index in [1.165, 1.54) is 13.1 Å². The van der Waals surface area contributed by atoms with E-state index in [2.05, 4.69) is 18.1 Å². The molecule has 1 aromatic rings. The lowest BCUT2D eigenvalue weighted by Gasteiger charge is -2.29. The van der Waals surface area contributed by atoms with E-state index in [1.54, 1.807) is 0 Å². The second-order valence-electron chi connectivity index (χ2n) is 5.87. The molecule has 19 heteroatoms. The summed E-state index contributed by atoms with van der Waals surface area (Å²) in [6.07, 6.45) is -2.43. The van der Waals surface area contributed by atoms with Crippen LogP contribution < -0.4 is 11.2 Å². The van der Waals surface area contributed by atoms with Crippen LogP contribution in [0.4, 0.5) is 0 Å². The van der Waals surface area contributed by atoms with E-state index in [-0.39, 0.29) is 12.0 Å². The molecule has 1 unspecified atom stereocenters. The molecule has 15 nitrogen and oxygen atoms in total. The Morgan fingerprint density at radius 3 is 2.48 bits per heavy atom. The summed E-state index contributed by atoms with van der Waals surface area (Å²) in [5, 5.41) is 10.0. The van der Waals surface area contributed by atoms with Gasteiger partial charge in [0.25, 0.3) is 5.56 Å². The van der Waals surface area contributed by atoms with Crippen molar-refractivity contribution in [1.29, 1.82) is 0 Å². The average Bonchev–Trinajstić information content (AvgIpc) is 2.86. The summed E-state index contributed by atoms with van der Waals surface area (Å²) in [6, 6.07) is 0. The van der Waals surface area contributed by atoms with Gasteiger partial charge >= 0.3 is 21.3 Å². The van der Waals surface area contributed by atoms with Crippen LogP contribution in [-0.2, 0) is 31.6 Å². The number of aliphatic hydroxyl groups is 1. The number of aromatic amines is 1. The van der Waals surface area contributed by atoms with Crippen LogP contribution in [0.2, 0.25) is 0 Å². The molecule has 0 spiro atoms. The van der Waals surface area contributed by atoms with Gasteiger partial charge in [0.05, 0.1) is 20.2 Å². The van der Waals surface area contributed by atoms with Gasteiger partial charge in [-0.15, -0.1) is 0 Å². The zero-order valence-corrected chi connectivity index (χ0v) is 17.2. The highest BCUT2D eigenvalue weighted by molar-refractivity contribution is 7.84. The second-order valence-corrected chi connectivity index (χ2v) is 10.4. The minimum Gasteiger partial charge on any atom is -0.443 e. The van der Waals surface area contributed by atoms with E-state index in [0.717, 1.165) is 4.57 Å². The van der Waals surface area contributed by atoms with Gasteiger partial charge in [-0.2, -0.15) is 4.31 Å². The zero-order valence-electron chi connectivity index (χ0n) is 14.6. The lowest BCUT2D eigenvalue weighted by atomic mass is 10.2. The van der Waals surface area contributed by atoms with Crippen LogP contribution in [0, 0.1) is 6.92 Å². The van der Waals surface area contributed by atoms with Crippen LogP contribution >= 0.6 is 23.1 Å². The molecule has 5 N–H and O–H groups in total. The van der Waals surface area contributed by atoms with Gasteiger partial charge in [0, 0.05) is 18.2 Å². The number of rotatable bonds is 8. The Hall–Kier alpha value is -0.885. The van der Waals surface area contributed by atoms with Crippen LogP contribution in [0.25, 0.3) is 0 Å². The van der Waals surface area contributed by atoms with Crippen molar-refractivity contribution in [3.63, 3.8) is 0 Å². The summed E-state index contributed by atoms with van der Waals surface area (Å²) in [5.74, 6) is 0. The number of aromatic nitrogens is 2. The third-order valence-electron chi connectivity index (χ3n) is 3.51. The standard InChI is InChI=1S/C10H16BN2O13P3/c1-5-3-13(10(16)12-9(5)15)8-2-6(14)7(24-8)4-23-27(11,17)25-29(21,22)26-28(18,19)20/h3,6-8,14H,2,4H2,1H3,(H,21,22)(H,12,15,16)(H2,18,19,20)/q-1/t6-,7+,8+,27+/m0/s1. The number of phosphoric acid groups is 2. The lowest BCUT2D eigenvalue weighted by molar-refractivity contribution is -0.0417. The van der Waals surface area contributed by atoms with Crippen molar-refractivity contribution >= 4 is 30.7 Å². The summed E-state index contributed by atoms with van der Waals surface area (Å²) in [5.41, 5.74) is -1.20. The van der Waals surface area contributed by atoms with Gasteiger partial charge in [-0.1, -0.05) is 0 Å². The van der Waals surface area contributed by atoms with E-state index >= 15 is 0 Å². The van der Waals surface area contributed by atoms with E-state index in [4.69, 9.17) is 27.0 Å². The fraction of sp³-hybridized carbons (Fsp3) is 0.600. The zero-order chi connectivity index (χ0) is 22.2. The number of hydrogen-bond donors (Lipinski definition) is 5. The molecule has 163 valence electrons. The quantitative estimate of drug-likeness (QED) is 0.225. The molecule has 3 radical (unpaired) electrons. The molecule has 1 aliphatic heterocycles. The number of H-pyrrole nitrogens is 1. The smallest absolute Gasteiger partial charge is 0.443 e. The minimum absolute atomic E-state index is 0.130. The highest BCUT2D eigenvalue weighted by Crippen LogP contribution is 2.66. The molecule has 5 atom stereocenters. The van der Waals surface area contributed by atoms with Crippen LogP contribution in [-0.4, -0.2) is 55.7 Å². The Balaban J connectivity index is 2.03. The second kappa shape index (κ2) is 8.70. The summed E-state index contributed by atoms with van der Waals surface area (Å²) in [4.78, 5) is 51.4. The summed E-state index contributed by atoms with van der Waals surface area (Å²) >= 11 is 0. The van der Waals surface area contributed by atoms with Crippen LogP contribution in [0.1, 0.15) is 18.2 Å². The van der Waals surface area contributed by atoms with Crippen molar-refractivity contribution < 1.29 is 51.4 Å². The fourth-order valence-corrected chi connectivity index (χ4v) is 5.49. The maximum atomic E-state index is 11.9. The van der Waals surface area contributed by atoms with Crippen molar-refractivity contribution in [3.05, 3.63) is 32.6 Å². The van der Waals surface area contributed by atoms with Gasteiger partial charge < -0.3 is 41.2 Å². The summed E-state index contributed by atoms with van der Waals surface area (Å²) < 4.78 is 52.2. The Morgan fingerprint density at radius 2 is 1.90 bits per heavy atom. The number of aryl methyl sites for hydroxylation is 1. The monoisotopic (exact) mass is 476 g/mol. The van der Waals surface area contributed by atoms with E-state index in [1.807, 2.05) is 0 Å². The van der Waals surface area contributed by atoms with Gasteiger partial charge in [0.2, 0.25) is 0 Å². The molecule has 2 rings (SSSR count). The Labute approximate surface area is 163 Å². The lowest BCUT2D eigenvalue weighted by Crippen LogP contribution is -2.33. The van der Waals surface area contributed by atoms with Gasteiger partial charge in [0.1, 0.15) is 12.3 Å². The molecule has 1 fully saturated rings. The van der Waals surface area contributed by atoms with Gasteiger partial charge in [-0.05, 0) is 6.92 Å². The number of nitrogens with zero attached hydrogens (tertiary/aromatic N) is 1. The third kappa shape index (κ3) is 7.09. The van der Waals surface area contributed by atoms with Crippen LogP contribution in [0.3, 0.4) is 0 Å². The first-order chi connectivity index (χ1) is 13.1. The topological polar surface area (TPSA) is 224 Å². The van der Waals surface area contributed by atoms with Crippen molar-refractivity contribution in [3.8, 4) is 0 Å². The number of nitrogens with one attached hydrogen (secondary N) is 1. The first kappa shape index (κ1) is 24.4. The van der Waals surface area contributed by atoms with Gasteiger partial charge in [0.15, 0.2) is 0 Å². The minimum atomic E-state index is -5.55. The third-order valence-corrected chi connectivity index (χ3v) is 7.43. The molecule has 1 aromatic heterocycles. The van der Waals surface area contributed by atoms with Crippen molar-refractivity contribution in [2.75, 3.05) is 6.61 Å². The summed E-state index contributed by atoms with van der Waals surface area (Å²) in [7, 11) is -10.8. The predicted molar refractivity (Wildman–Crippen MR) is 93.9 cm³/mol. The Kier molecular flexibility index (Phi) is 7.31. The Morgan fingerprint density at radius 1 is 1.28 bits per heavy atom. The maximum absolute atomic E-state index is 11.9. The molecule has 0 bridgehead atoms. The van der Waals surface area contributed by atoms with Crippen molar-refractivity contribution in [2.24, 2.45) is 0 Å². The molecule has 1 saturated heterocycles. The Bertz CT molecular complexity index is 1020. The molecule has 2 heterocycles. The van der Waals surface area contributed by atoms with Gasteiger partial charge in [-0.3, -0.25) is 14.3 Å². The first-order valence-corrected chi connectivity index (χ1v) is 12.2. The van der Waals surface area contributed by atoms with E-state index < -0.39 is 59.4 Å². The molecule has 29 heavy (non-hydrogen) atoms. The largest absolute Gasteiger partial charge is 0.485 e. The first-order valence-electron chi connectivity index (χ1n) is 7.58. The molecule has 0 aliphatic carbocycles.